The topological polar surface area (TPSA) is 12.0 Å². The average molecular weight is 273 g/mol. The van der Waals surface area contributed by atoms with Gasteiger partial charge in [0.15, 0.2) is 0 Å². The van der Waals surface area contributed by atoms with Gasteiger partial charge in [0.1, 0.15) is 0 Å². The van der Waals surface area contributed by atoms with Crippen molar-refractivity contribution in [1.82, 2.24) is 5.32 Å². The van der Waals surface area contributed by atoms with Crippen molar-refractivity contribution in [3.63, 3.8) is 0 Å². The van der Waals surface area contributed by atoms with Gasteiger partial charge in [-0.3, -0.25) is 0 Å². The average Bonchev–Trinajstić information content (AvgIpc) is 2.98. The zero-order valence-corrected chi connectivity index (χ0v) is 12.9. The molecule has 5 saturated carbocycles. The largest absolute Gasteiger partial charge is 0.316 e. The Kier molecular flexibility index (Phi) is 2.80. The smallest absolute Gasteiger partial charge is 0.00123 e. The van der Waals surface area contributed by atoms with Crippen molar-refractivity contribution in [3.05, 3.63) is 0 Å². The predicted molar refractivity (Wildman–Crippen MR) is 82.4 cm³/mol. The molecule has 1 saturated heterocycles. The standard InChI is InChI=1S/C19H31N/c1-2-4-15(3-1)18-12-20-6-5-19(18)16-8-13-7-14(10-16)11-17(19)9-13/h13-18,20H,1-12H2. The van der Waals surface area contributed by atoms with Gasteiger partial charge >= 0.3 is 0 Å². The summed E-state index contributed by atoms with van der Waals surface area (Å²) in [6, 6.07) is 0. The number of nitrogens with one attached hydrogen (secondary N) is 1. The van der Waals surface area contributed by atoms with E-state index in [9.17, 15) is 0 Å². The van der Waals surface area contributed by atoms with E-state index in [-0.39, 0.29) is 0 Å². The summed E-state index contributed by atoms with van der Waals surface area (Å²) in [4.78, 5) is 0. The first-order valence-electron chi connectivity index (χ1n) is 9.57. The summed E-state index contributed by atoms with van der Waals surface area (Å²) < 4.78 is 0. The van der Waals surface area contributed by atoms with Crippen LogP contribution in [-0.2, 0) is 0 Å². The third-order valence-electron chi connectivity index (χ3n) is 8.42. The first kappa shape index (κ1) is 12.5. The Morgan fingerprint density at radius 3 is 2.10 bits per heavy atom. The molecule has 0 aromatic carbocycles. The Bertz CT molecular complexity index is 353. The van der Waals surface area contributed by atoms with E-state index in [4.69, 9.17) is 0 Å². The lowest BCUT2D eigenvalue weighted by Gasteiger charge is -2.66. The molecule has 0 aromatic heterocycles. The van der Waals surface area contributed by atoms with E-state index in [0.717, 1.165) is 40.9 Å². The van der Waals surface area contributed by atoms with Gasteiger partial charge in [0, 0.05) is 0 Å². The molecule has 20 heavy (non-hydrogen) atoms. The van der Waals surface area contributed by atoms with Crippen molar-refractivity contribution in [2.24, 2.45) is 40.9 Å². The Hall–Kier alpha value is -0.0400. The molecule has 1 unspecified atom stereocenters. The zero-order chi connectivity index (χ0) is 13.2. The molecule has 1 spiro atoms. The summed E-state index contributed by atoms with van der Waals surface area (Å²) in [5.41, 5.74) is 0.799. The van der Waals surface area contributed by atoms with Gasteiger partial charge in [-0.25, -0.2) is 0 Å². The molecule has 1 heteroatoms. The van der Waals surface area contributed by atoms with Crippen LogP contribution in [-0.4, -0.2) is 13.1 Å². The van der Waals surface area contributed by atoms with Gasteiger partial charge in [0.25, 0.3) is 0 Å². The molecule has 1 atom stereocenters. The molecule has 6 fully saturated rings. The number of hydrogen-bond donors (Lipinski definition) is 1. The molecule has 1 nitrogen and oxygen atoms in total. The molecule has 1 aliphatic heterocycles. The van der Waals surface area contributed by atoms with Crippen LogP contribution in [0.4, 0.5) is 0 Å². The van der Waals surface area contributed by atoms with E-state index in [2.05, 4.69) is 5.32 Å². The number of rotatable bonds is 1. The van der Waals surface area contributed by atoms with Crippen molar-refractivity contribution in [1.29, 1.82) is 0 Å². The third kappa shape index (κ3) is 1.59. The normalized spacial score (nSPS) is 54.9. The lowest BCUT2D eigenvalue weighted by molar-refractivity contribution is -0.163. The van der Waals surface area contributed by atoms with Crippen LogP contribution in [0, 0.1) is 40.9 Å². The van der Waals surface area contributed by atoms with Crippen molar-refractivity contribution in [3.8, 4) is 0 Å². The van der Waals surface area contributed by atoms with Gasteiger partial charge in [-0.15, -0.1) is 0 Å². The molecule has 1 N–H and O–H groups in total. The van der Waals surface area contributed by atoms with Gasteiger partial charge in [-0.1, -0.05) is 25.7 Å². The second-order valence-electron chi connectivity index (χ2n) is 9.02. The summed E-state index contributed by atoms with van der Waals surface area (Å²) in [6.07, 6.45) is 15.8. The first-order valence-corrected chi connectivity index (χ1v) is 9.57. The summed E-state index contributed by atoms with van der Waals surface area (Å²) in [7, 11) is 0. The maximum Gasteiger partial charge on any atom is -0.00123 e. The van der Waals surface area contributed by atoms with Crippen LogP contribution in [0.15, 0.2) is 0 Å². The van der Waals surface area contributed by atoms with E-state index in [1.54, 1.807) is 44.9 Å². The minimum Gasteiger partial charge on any atom is -0.316 e. The van der Waals surface area contributed by atoms with Crippen molar-refractivity contribution in [2.45, 2.75) is 64.2 Å². The fraction of sp³-hybridized carbons (Fsp3) is 1.00. The second-order valence-corrected chi connectivity index (χ2v) is 9.02. The summed E-state index contributed by atoms with van der Waals surface area (Å²) >= 11 is 0. The minimum absolute atomic E-state index is 0.799. The summed E-state index contributed by atoms with van der Waals surface area (Å²) in [6.45, 7) is 2.69. The van der Waals surface area contributed by atoms with E-state index in [1.165, 1.54) is 32.4 Å². The molecular formula is C19H31N. The highest BCUT2D eigenvalue weighted by Crippen LogP contribution is 2.68. The first-order chi connectivity index (χ1) is 9.86. The SMILES string of the molecule is C1CCC(C2CNCCC23C2CC4CC(C2)CC3C4)C1. The third-order valence-corrected chi connectivity index (χ3v) is 8.42. The van der Waals surface area contributed by atoms with E-state index in [1.807, 2.05) is 0 Å². The van der Waals surface area contributed by atoms with Gasteiger partial charge in [-0.05, 0) is 92.5 Å². The lowest BCUT2D eigenvalue weighted by Crippen LogP contribution is -2.62. The van der Waals surface area contributed by atoms with Gasteiger partial charge in [0.05, 0.1) is 0 Å². The Labute approximate surface area is 124 Å². The highest BCUT2D eigenvalue weighted by Gasteiger charge is 2.61. The fourth-order valence-corrected chi connectivity index (χ4v) is 7.98. The molecular weight excluding hydrogens is 242 g/mol. The highest BCUT2D eigenvalue weighted by atomic mass is 14.9. The predicted octanol–water partition coefficient (Wildman–Crippen LogP) is 4.23. The van der Waals surface area contributed by atoms with Crippen LogP contribution >= 0.6 is 0 Å². The van der Waals surface area contributed by atoms with Crippen molar-refractivity contribution < 1.29 is 0 Å². The number of hydrogen-bond acceptors (Lipinski definition) is 1. The van der Waals surface area contributed by atoms with Crippen LogP contribution in [0.5, 0.6) is 0 Å². The molecule has 4 bridgehead atoms. The second kappa shape index (κ2) is 4.48. The molecule has 6 aliphatic rings. The summed E-state index contributed by atoms with van der Waals surface area (Å²) in [5.74, 6) is 6.68. The zero-order valence-electron chi connectivity index (χ0n) is 12.9. The molecule has 0 amide bonds. The lowest BCUT2D eigenvalue weighted by atomic mass is 9.40. The fourth-order valence-electron chi connectivity index (χ4n) is 7.98. The summed E-state index contributed by atoms with van der Waals surface area (Å²) in [5, 5.41) is 3.80. The van der Waals surface area contributed by atoms with Crippen molar-refractivity contribution in [2.75, 3.05) is 13.1 Å². The quantitative estimate of drug-likeness (QED) is 0.754. The molecule has 112 valence electrons. The van der Waals surface area contributed by atoms with Gasteiger partial charge in [0.2, 0.25) is 0 Å². The van der Waals surface area contributed by atoms with Crippen LogP contribution in [0.2, 0.25) is 0 Å². The minimum atomic E-state index is 0.799. The maximum absolute atomic E-state index is 3.80. The molecule has 0 radical (unpaired) electrons. The molecule has 1 heterocycles. The van der Waals surface area contributed by atoms with Crippen LogP contribution in [0.25, 0.3) is 0 Å². The van der Waals surface area contributed by atoms with E-state index >= 15 is 0 Å². The Morgan fingerprint density at radius 1 is 0.800 bits per heavy atom. The maximum atomic E-state index is 3.80. The molecule has 0 aromatic rings. The monoisotopic (exact) mass is 273 g/mol. The van der Waals surface area contributed by atoms with Gasteiger partial charge in [-0.2, -0.15) is 0 Å². The highest BCUT2D eigenvalue weighted by molar-refractivity contribution is 5.11. The van der Waals surface area contributed by atoms with Crippen LogP contribution < -0.4 is 5.32 Å². The molecule has 6 rings (SSSR count). The van der Waals surface area contributed by atoms with E-state index < -0.39 is 0 Å². The van der Waals surface area contributed by atoms with E-state index in [0.29, 0.717) is 0 Å². The van der Waals surface area contributed by atoms with Crippen molar-refractivity contribution >= 4 is 0 Å². The Balaban J connectivity index is 1.52. The van der Waals surface area contributed by atoms with Gasteiger partial charge < -0.3 is 5.32 Å². The number of piperidine rings is 1. The molecule has 5 aliphatic carbocycles. The van der Waals surface area contributed by atoms with Crippen LogP contribution in [0.1, 0.15) is 64.2 Å². The van der Waals surface area contributed by atoms with Crippen LogP contribution in [0.3, 0.4) is 0 Å². The Morgan fingerprint density at radius 2 is 1.45 bits per heavy atom.